The van der Waals surface area contributed by atoms with E-state index in [2.05, 4.69) is 55.4 Å². The van der Waals surface area contributed by atoms with Gasteiger partial charge in [0.1, 0.15) is 17.1 Å². The lowest BCUT2D eigenvalue weighted by Gasteiger charge is -2.38. The molecule has 0 bridgehead atoms. The second-order valence-corrected chi connectivity index (χ2v) is 12.6. The quantitative estimate of drug-likeness (QED) is 0.188. The smallest absolute Gasteiger partial charge is 0.344 e. The van der Waals surface area contributed by atoms with Crippen LogP contribution < -0.4 is 9.47 Å². The highest BCUT2D eigenvalue weighted by Gasteiger charge is 2.34. The summed E-state index contributed by atoms with van der Waals surface area (Å²) in [6, 6.07) is 0. The summed E-state index contributed by atoms with van der Waals surface area (Å²) in [6.07, 6.45) is 15.2. The van der Waals surface area contributed by atoms with E-state index >= 15 is 0 Å². The summed E-state index contributed by atoms with van der Waals surface area (Å²) in [4.78, 5) is 11.8. The number of fused-ring (bicyclic) bond motifs is 1. The minimum Gasteiger partial charge on any atom is -0.487 e. The van der Waals surface area contributed by atoms with Crippen molar-refractivity contribution < 1.29 is 19.0 Å². The number of hydrogen-bond acceptors (Lipinski definition) is 4. The largest absolute Gasteiger partial charge is 0.487 e. The molecule has 0 fully saturated rings. The molecule has 1 aliphatic heterocycles. The average Bonchev–Trinajstić information content (AvgIpc) is 2.87. The Hall–Kier alpha value is -1.71. The number of carbonyl (C=O) groups is 1. The topological polar surface area (TPSA) is 44.8 Å². The van der Waals surface area contributed by atoms with Crippen molar-refractivity contribution in [1.29, 1.82) is 0 Å². The van der Waals surface area contributed by atoms with E-state index in [0.717, 1.165) is 65.2 Å². The van der Waals surface area contributed by atoms with Gasteiger partial charge in [0.05, 0.1) is 6.61 Å². The SMILES string of the molecule is CCOC(=O)COc1c(C)c(C)c2c(c1C)CC[C@@](C)(CCC[C@H](C)CCC[C@H](C)CCCC(C)CC)O2. The zero-order valence-corrected chi connectivity index (χ0v) is 26.3. The predicted molar refractivity (Wildman–Crippen MR) is 159 cm³/mol. The highest BCUT2D eigenvalue weighted by Crippen LogP contribution is 2.45. The van der Waals surface area contributed by atoms with Gasteiger partial charge in [-0.3, -0.25) is 0 Å². The van der Waals surface area contributed by atoms with Gasteiger partial charge in [-0.15, -0.1) is 0 Å². The Bertz CT molecular complexity index is 876. The zero-order valence-electron chi connectivity index (χ0n) is 26.3. The lowest BCUT2D eigenvalue weighted by atomic mass is 9.83. The molecule has 1 aliphatic rings. The van der Waals surface area contributed by atoms with Gasteiger partial charge in [0.2, 0.25) is 0 Å². The van der Waals surface area contributed by atoms with Crippen molar-refractivity contribution in [3.05, 3.63) is 22.3 Å². The minimum atomic E-state index is -0.327. The maximum atomic E-state index is 11.8. The molecule has 1 unspecified atom stereocenters. The number of hydrogen-bond donors (Lipinski definition) is 0. The standard InChI is InChI=1S/C34H58O4/c1-10-24(3)15-12-16-25(4)17-13-18-26(5)19-14-21-34(9)22-20-30-29(8)32(37-23-31(35)36-11-2)27(6)28(7)33(30)38-34/h24-26H,10-23H2,1-9H3/t24?,25-,26-,34-/m1/s1. The van der Waals surface area contributed by atoms with Crippen molar-refractivity contribution in [2.24, 2.45) is 17.8 Å². The molecule has 0 spiro atoms. The fraction of sp³-hybridized carbons (Fsp3) is 0.794. The molecule has 0 saturated heterocycles. The van der Waals surface area contributed by atoms with Crippen molar-refractivity contribution >= 4 is 5.97 Å². The normalized spacial score (nSPS) is 19.3. The summed E-state index contributed by atoms with van der Waals surface area (Å²) in [6.45, 7) is 20.2. The highest BCUT2D eigenvalue weighted by atomic mass is 16.6. The monoisotopic (exact) mass is 530 g/mol. The van der Waals surface area contributed by atoms with E-state index in [9.17, 15) is 4.79 Å². The van der Waals surface area contributed by atoms with Crippen LogP contribution in [0.15, 0.2) is 0 Å². The second kappa shape index (κ2) is 15.8. The van der Waals surface area contributed by atoms with Gasteiger partial charge >= 0.3 is 5.97 Å². The summed E-state index contributed by atoms with van der Waals surface area (Å²) in [5, 5.41) is 0. The summed E-state index contributed by atoms with van der Waals surface area (Å²) < 4.78 is 17.7. The molecule has 2 rings (SSSR count). The number of carbonyl (C=O) groups excluding carboxylic acids is 1. The molecule has 0 aromatic heterocycles. The van der Waals surface area contributed by atoms with Crippen LogP contribution in [-0.4, -0.2) is 24.8 Å². The first-order valence-corrected chi connectivity index (χ1v) is 15.6. The van der Waals surface area contributed by atoms with Gasteiger partial charge in [-0.25, -0.2) is 4.79 Å². The Morgan fingerprint density at radius 1 is 0.868 bits per heavy atom. The Morgan fingerprint density at radius 2 is 1.45 bits per heavy atom. The molecule has 1 aromatic carbocycles. The number of benzene rings is 1. The number of esters is 1. The first-order chi connectivity index (χ1) is 18.0. The molecule has 0 aliphatic carbocycles. The molecule has 0 radical (unpaired) electrons. The first-order valence-electron chi connectivity index (χ1n) is 15.6. The molecule has 218 valence electrons. The van der Waals surface area contributed by atoms with Gasteiger partial charge in [-0.05, 0) is 94.7 Å². The second-order valence-electron chi connectivity index (χ2n) is 12.6. The highest BCUT2D eigenvalue weighted by molar-refractivity contribution is 5.71. The van der Waals surface area contributed by atoms with Gasteiger partial charge in [0, 0.05) is 5.56 Å². The van der Waals surface area contributed by atoms with E-state index in [-0.39, 0.29) is 18.2 Å². The van der Waals surface area contributed by atoms with Crippen molar-refractivity contribution in [2.45, 2.75) is 145 Å². The van der Waals surface area contributed by atoms with Gasteiger partial charge < -0.3 is 14.2 Å². The van der Waals surface area contributed by atoms with Gasteiger partial charge in [-0.1, -0.05) is 79.1 Å². The molecule has 1 heterocycles. The molecular formula is C34H58O4. The van der Waals surface area contributed by atoms with Crippen LogP contribution in [0.1, 0.15) is 134 Å². The van der Waals surface area contributed by atoms with Gasteiger partial charge in [0.25, 0.3) is 0 Å². The third kappa shape index (κ3) is 9.79. The Labute approximate surface area is 234 Å². The maximum Gasteiger partial charge on any atom is 0.344 e. The lowest BCUT2D eigenvalue weighted by Crippen LogP contribution is -2.37. The Balaban J connectivity index is 1.82. The van der Waals surface area contributed by atoms with Gasteiger partial charge in [0.15, 0.2) is 6.61 Å². The third-order valence-corrected chi connectivity index (χ3v) is 9.09. The van der Waals surface area contributed by atoms with E-state index in [1.165, 1.54) is 63.4 Å². The Morgan fingerprint density at radius 3 is 2.03 bits per heavy atom. The van der Waals surface area contributed by atoms with E-state index < -0.39 is 0 Å². The van der Waals surface area contributed by atoms with Crippen molar-refractivity contribution in [3.8, 4) is 11.5 Å². The van der Waals surface area contributed by atoms with Crippen molar-refractivity contribution in [1.82, 2.24) is 0 Å². The van der Waals surface area contributed by atoms with Crippen LogP contribution in [0.3, 0.4) is 0 Å². The molecule has 0 amide bonds. The fourth-order valence-corrected chi connectivity index (χ4v) is 5.95. The van der Waals surface area contributed by atoms with Crippen molar-refractivity contribution in [2.75, 3.05) is 13.2 Å². The first kappa shape index (κ1) is 32.5. The average molecular weight is 531 g/mol. The van der Waals surface area contributed by atoms with Crippen LogP contribution in [0, 0.1) is 38.5 Å². The van der Waals surface area contributed by atoms with Crippen molar-refractivity contribution in [3.63, 3.8) is 0 Å². The van der Waals surface area contributed by atoms with Crippen LogP contribution in [0.25, 0.3) is 0 Å². The molecule has 4 atom stereocenters. The molecule has 4 nitrogen and oxygen atoms in total. The van der Waals surface area contributed by atoms with Crippen LogP contribution in [0.4, 0.5) is 0 Å². The van der Waals surface area contributed by atoms with Crippen LogP contribution >= 0.6 is 0 Å². The lowest BCUT2D eigenvalue weighted by molar-refractivity contribution is -0.145. The molecule has 1 aromatic rings. The number of rotatable bonds is 17. The molecular weight excluding hydrogens is 472 g/mol. The molecule has 0 saturated carbocycles. The maximum absolute atomic E-state index is 11.8. The van der Waals surface area contributed by atoms with E-state index in [1.807, 2.05) is 6.92 Å². The van der Waals surface area contributed by atoms with Gasteiger partial charge in [-0.2, -0.15) is 0 Å². The summed E-state index contributed by atoms with van der Waals surface area (Å²) in [7, 11) is 0. The minimum absolute atomic E-state index is 0.0539. The Kier molecular flexibility index (Phi) is 13.5. The van der Waals surface area contributed by atoms with Crippen LogP contribution in [-0.2, 0) is 16.0 Å². The fourth-order valence-electron chi connectivity index (χ4n) is 5.95. The van der Waals surface area contributed by atoms with E-state index in [0.29, 0.717) is 6.61 Å². The zero-order chi connectivity index (χ0) is 28.3. The molecule has 0 N–H and O–H groups in total. The molecule has 38 heavy (non-hydrogen) atoms. The third-order valence-electron chi connectivity index (χ3n) is 9.09. The summed E-state index contributed by atoms with van der Waals surface area (Å²) >= 11 is 0. The summed E-state index contributed by atoms with van der Waals surface area (Å²) in [5.41, 5.74) is 4.39. The van der Waals surface area contributed by atoms with Crippen LogP contribution in [0.2, 0.25) is 0 Å². The summed E-state index contributed by atoms with van der Waals surface area (Å²) in [5.74, 6) is 4.05. The van der Waals surface area contributed by atoms with Crippen LogP contribution in [0.5, 0.6) is 11.5 Å². The molecule has 4 heteroatoms. The predicted octanol–water partition coefficient (Wildman–Crippen LogP) is 9.47. The number of ether oxygens (including phenoxy) is 3. The van der Waals surface area contributed by atoms with E-state index in [1.54, 1.807) is 0 Å². The van der Waals surface area contributed by atoms with E-state index in [4.69, 9.17) is 14.2 Å².